The number of thioether (sulfide) groups is 1. The minimum atomic E-state index is -4.72. The summed E-state index contributed by atoms with van der Waals surface area (Å²) in [6.45, 7) is 0. The van der Waals surface area contributed by atoms with Gasteiger partial charge in [-0.2, -0.15) is 13.2 Å². The minimum Gasteiger partial charge on any atom is -0.481 e. The van der Waals surface area contributed by atoms with Crippen LogP contribution in [0.1, 0.15) is 29.2 Å². The van der Waals surface area contributed by atoms with E-state index in [1.54, 1.807) is 66.7 Å². The van der Waals surface area contributed by atoms with E-state index in [0.717, 1.165) is 23.9 Å². The number of carbonyl (C=O) groups is 3. The molecule has 3 aromatic rings. The third-order valence-electron chi connectivity index (χ3n) is 6.35. The third kappa shape index (κ3) is 7.25. The highest BCUT2D eigenvalue weighted by Gasteiger charge is 2.36. The second-order valence-electron chi connectivity index (χ2n) is 9.09. The standard InChI is InChI=1S/C29H24ClF3N2O4S/c30-18-10-15-24(23(16-18)29(31,32)33)35-27(37)25(17-6-2-1-3-7-17)40-20-13-11-19(12-14-20)34-26(36)21-8-4-5-9-22(21)28(38)39/h1-7,10-16,21-22,25H,8-9H2,(H,34,36)(H,35,37)(H,38,39). The van der Waals surface area contributed by atoms with Crippen LogP contribution in [0.2, 0.25) is 5.02 Å². The van der Waals surface area contributed by atoms with Gasteiger partial charge < -0.3 is 15.7 Å². The normalized spacial score (nSPS) is 17.6. The van der Waals surface area contributed by atoms with Gasteiger partial charge in [0.25, 0.3) is 0 Å². The van der Waals surface area contributed by atoms with Crippen molar-refractivity contribution < 1.29 is 32.7 Å². The Morgan fingerprint density at radius 1 is 0.900 bits per heavy atom. The van der Waals surface area contributed by atoms with Crippen LogP contribution in [0.25, 0.3) is 0 Å². The molecule has 0 aromatic heterocycles. The highest BCUT2D eigenvalue weighted by atomic mass is 35.5. The number of anilines is 2. The number of halogens is 4. The van der Waals surface area contributed by atoms with E-state index in [9.17, 15) is 32.7 Å². The van der Waals surface area contributed by atoms with Crippen molar-refractivity contribution in [2.75, 3.05) is 10.6 Å². The molecule has 40 heavy (non-hydrogen) atoms. The SMILES string of the molecule is O=C(Nc1ccc(Cl)cc1C(F)(F)F)C(Sc1ccc(NC(=O)C2CC=CCC2C(=O)O)cc1)c1ccccc1. The van der Waals surface area contributed by atoms with Crippen molar-refractivity contribution in [3.8, 4) is 0 Å². The fourth-order valence-corrected chi connectivity index (χ4v) is 5.52. The largest absolute Gasteiger partial charge is 0.481 e. The van der Waals surface area contributed by atoms with Crippen LogP contribution in [-0.4, -0.2) is 22.9 Å². The maximum atomic E-state index is 13.6. The highest BCUT2D eigenvalue weighted by Crippen LogP contribution is 2.40. The molecule has 0 spiro atoms. The molecule has 3 aromatic carbocycles. The zero-order valence-electron chi connectivity index (χ0n) is 20.8. The molecule has 3 atom stereocenters. The Morgan fingerprint density at radius 2 is 1.55 bits per heavy atom. The van der Waals surface area contributed by atoms with Crippen molar-refractivity contribution in [1.29, 1.82) is 0 Å². The Labute approximate surface area is 237 Å². The predicted molar refractivity (Wildman–Crippen MR) is 148 cm³/mol. The molecule has 3 N–H and O–H groups in total. The van der Waals surface area contributed by atoms with Gasteiger partial charge in [-0.15, -0.1) is 11.8 Å². The molecular weight excluding hydrogens is 565 g/mol. The van der Waals surface area contributed by atoms with Crippen molar-refractivity contribution in [2.24, 2.45) is 11.8 Å². The minimum absolute atomic E-state index is 0.107. The Bertz CT molecular complexity index is 1420. The lowest BCUT2D eigenvalue weighted by Crippen LogP contribution is -2.34. The lowest BCUT2D eigenvalue weighted by molar-refractivity contribution is -0.146. The number of carbonyl (C=O) groups excluding carboxylic acids is 2. The fraction of sp³-hybridized carbons (Fsp3) is 0.207. The molecule has 4 rings (SSSR count). The topological polar surface area (TPSA) is 95.5 Å². The Morgan fingerprint density at radius 3 is 2.17 bits per heavy atom. The maximum absolute atomic E-state index is 13.6. The monoisotopic (exact) mass is 588 g/mol. The van der Waals surface area contributed by atoms with Gasteiger partial charge in [-0.3, -0.25) is 14.4 Å². The summed E-state index contributed by atoms with van der Waals surface area (Å²) in [5.41, 5.74) is -0.428. The molecule has 0 saturated heterocycles. The van der Waals surface area contributed by atoms with E-state index in [4.69, 9.17) is 11.6 Å². The Hall–Kier alpha value is -3.76. The van der Waals surface area contributed by atoms with Gasteiger partial charge in [0, 0.05) is 15.6 Å². The van der Waals surface area contributed by atoms with Gasteiger partial charge in [0.05, 0.1) is 23.1 Å². The molecule has 0 aliphatic heterocycles. The van der Waals surface area contributed by atoms with Gasteiger partial charge in [0.2, 0.25) is 11.8 Å². The molecule has 3 unspecified atom stereocenters. The molecule has 0 bridgehead atoms. The van der Waals surface area contributed by atoms with Crippen LogP contribution < -0.4 is 10.6 Å². The van der Waals surface area contributed by atoms with E-state index >= 15 is 0 Å². The molecular formula is C29H24ClF3N2O4S. The first kappa shape index (κ1) is 29.2. The van der Waals surface area contributed by atoms with Crippen LogP contribution in [0.5, 0.6) is 0 Å². The summed E-state index contributed by atoms with van der Waals surface area (Å²) in [6, 6.07) is 18.3. The van der Waals surface area contributed by atoms with Crippen LogP contribution >= 0.6 is 23.4 Å². The molecule has 1 aliphatic carbocycles. The average Bonchev–Trinajstić information content (AvgIpc) is 2.93. The summed E-state index contributed by atoms with van der Waals surface area (Å²) < 4.78 is 40.7. The second kappa shape index (κ2) is 12.6. The number of rotatable bonds is 8. The highest BCUT2D eigenvalue weighted by molar-refractivity contribution is 8.00. The van der Waals surface area contributed by atoms with Gasteiger partial charge >= 0.3 is 12.1 Å². The van der Waals surface area contributed by atoms with Gasteiger partial charge in [0.1, 0.15) is 5.25 Å². The zero-order chi connectivity index (χ0) is 28.9. The molecule has 0 heterocycles. The van der Waals surface area contributed by atoms with Crippen LogP contribution in [0.3, 0.4) is 0 Å². The quantitative estimate of drug-likeness (QED) is 0.188. The summed E-state index contributed by atoms with van der Waals surface area (Å²) in [4.78, 5) is 38.2. The molecule has 11 heteroatoms. The lowest BCUT2D eigenvalue weighted by atomic mass is 9.82. The fourth-order valence-electron chi connectivity index (χ4n) is 4.32. The molecule has 2 amide bonds. The van der Waals surface area contributed by atoms with E-state index in [2.05, 4.69) is 10.6 Å². The number of aliphatic carboxylic acids is 1. The Kier molecular flexibility index (Phi) is 9.21. The summed E-state index contributed by atoms with van der Waals surface area (Å²) in [5.74, 6) is -3.59. The number of hydrogen-bond acceptors (Lipinski definition) is 4. The molecule has 0 radical (unpaired) electrons. The molecule has 0 saturated carbocycles. The molecule has 0 fully saturated rings. The predicted octanol–water partition coefficient (Wildman–Crippen LogP) is 7.44. The number of allylic oxidation sites excluding steroid dienone is 2. The number of benzene rings is 3. The zero-order valence-corrected chi connectivity index (χ0v) is 22.4. The molecule has 1 aliphatic rings. The first-order valence-corrected chi connectivity index (χ1v) is 13.5. The van der Waals surface area contributed by atoms with E-state index in [1.807, 2.05) is 0 Å². The van der Waals surface area contributed by atoms with E-state index < -0.39 is 52.3 Å². The number of carboxylic acid groups (broad SMARTS) is 1. The second-order valence-corrected chi connectivity index (χ2v) is 10.7. The third-order valence-corrected chi connectivity index (χ3v) is 7.85. The number of alkyl halides is 3. The van der Waals surface area contributed by atoms with Crippen molar-refractivity contribution >= 4 is 52.5 Å². The number of nitrogens with one attached hydrogen (secondary N) is 2. The first-order chi connectivity index (χ1) is 19.0. The number of amides is 2. The van der Waals surface area contributed by atoms with Crippen LogP contribution in [0.15, 0.2) is 89.8 Å². The average molecular weight is 589 g/mol. The first-order valence-electron chi connectivity index (χ1n) is 12.2. The van der Waals surface area contributed by atoms with Gasteiger partial charge in [-0.25, -0.2) is 0 Å². The summed E-state index contributed by atoms with van der Waals surface area (Å²) in [5, 5.41) is 13.6. The summed E-state index contributed by atoms with van der Waals surface area (Å²) in [7, 11) is 0. The van der Waals surface area contributed by atoms with Gasteiger partial charge in [0.15, 0.2) is 0 Å². The maximum Gasteiger partial charge on any atom is 0.418 e. The summed E-state index contributed by atoms with van der Waals surface area (Å²) >= 11 is 6.89. The van der Waals surface area contributed by atoms with Crippen molar-refractivity contribution in [3.63, 3.8) is 0 Å². The van der Waals surface area contributed by atoms with E-state index in [-0.39, 0.29) is 11.4 Å². The van der Waals surface area contributed by atoms with Gasteiger partial charge in [-0.05, 0) is 60.9 Å². The number of carboxylic acids is 1. The van der Waals surface area contributed by atoms with Crippen LogP contribution in [0, 0.1) is 11.8 Å². The molecule has 6 nitrogen and oxygen atoms in total. The van der Waals surface area contributed by atoms with Crippen LogP contribution in [0.4, 0.5) is 24.5 Å². The van der Waals surface area contributed by atoms with E-state index in [0.29, 0.717) is 22.6 Å². The Balaban J connectivity index is 1.51. The van der Waals surface area contributed by atoms with Crippen molar-refractivity contribution in [1.82, 2.24) is 0 Å². The lowest BCUT2D eigenvalue weighted by Gasteiger charge is -2.24. The molecule has 208 valence electrons. The summed E-state index contributed by atoms with van der Waals surface area (Å²) in [6.07, 6.45) is -0.563. The smallest absolute Gasteiger partial charge is 0.418 e. The van der Waals surface area contributed by atoms with E-state index in [1.165, 1.54) is 6.07 Å². The number of hydrogen-bond donors (Lipinski definition) is 3. The van der Waals surface area contributed by atoms with Crippen LogP contribution in [-0.2, 0) is 20.6 Å². The van der Waals surface area contributed by atoms with Crippen molar-refractivity contribution in [3.05, 3.63) is 101 Å². The van der Waals surface area contributed by atoms with Crippen molar-refractivity contribution in [2.45, 2.75) is 29.2 Å². The van der Waals surface area contributed by atoms with Gasteiger partial charge in [-0.1, -0.05) is 54.1 Å².